The maximum absolute atomic E-state index is 11.8. The molecule has 2 aromatic rings. The molecule has 0 unspecified atom stereocenters. The van der Waals surface area contributed by atoms with E-state index in [1.165, 1.54) is 0 Å². The van der Waals surface area contributed by atoms with Gasteiger partial charge in [-0.25, -0.2) is 0 Å². The van der Waals surface area contributed by atoms with Gasteiger partial charge in [-0.1, -0.05) is 54.1 Å². The van der Waals surface area contributed by atoms with Crippen LogP contribution in [0.5, 0.6) is 0 Å². The second-order valence-electron chi connectivity index (χ2n) is 7.23. The minimum atomic E-state index is -0.708. The fraction of sp³-hybridized carbons (Fsp3) is 0.381. The summed E-state index contributed by atoms with van der Waals surface area (Å²) < 4.78 is 5.60. The molecule has 26 heavy (non-hydrogen) atoms. The van der Waals surface area contributed by atoms with E-state index in [1.54, 1.807) is 0 Å². The van der Waals surface area contributed by atoms with Gasteiger partial charge in [0.2, 0.25) is 0 Å². The van der Waals surface area contributed by atoms with Gasteiger partial charge in [0.15, 0.2) is 0 Å². The Hall–Kier alpha value is -1.88. The number of carboxylic acid groups (broad SMARTS) is 1. The molecule has 2 aromatic carbocycles. The predicted molar refractivity (Wildman–Crippen MR) is 100 cm³/mol. The molecule has 5 heteroatoms. The lowest BCUT2D eigenvalue weighted by atomic mass is 9.77. The van der Waals surface area contributed by atoms with Crippen LogP contribution in [0.4, 0.5) is 0 Å². The average molecular weight is 372 g/mol. The zero-order valence-electron chi connectivity index (χ0n) is 14.5. The Balaban J connectivity index is 1.66. The van der Waals surface area contributed by atoms with Crippen molar-refractivity contribution < 1.29 is 14.6 Å². The van der Waals surface area contributed by atoms with Gasteiger partial charge in [0, 0.05) is 24.0 Å². The molecule has 0 spiro atoms. The van der Waals surface area contributed by atoms with Crippen LogP contribution in [0.3, 0.4) is 0 Å². The van der Waals surface area contributed by atoms with Gasteiger partial charge in [0.25, 0.3) is 0 Å². The third kappa shape index (κ3) is 3.02. The number of nitrogens with zero attached hydrogens (tertiary/aromatic N) is 1. The van der Waals surface area contributed by atoms with Crippen molar-refractivity contribution in [1.29, 1.82) is 0 Å². The Bertz CT molecular complexity index is 791. The highest BCUT2D eigenvalue weighted by Gasteiger charge is 2.49. The lowest BCUT2D eigenvalue weighted by Crippen LogP contribution is -2.62. The van der Waals surface area contributed by atoms with Gasteiger partial charge in [-0.2, -0.15) is 0 Å². The maximum Gasteiger partial charge on any atom is 0.307 e. The minimum absolute atomic E-state index is 0.0286. The highest BCUT2D eigenvalue weighted by Crippen LogP contribution is 2.43. The number of aliphatic carboxylic acids is 1. The smallest absolute Gasteiger partial charge is 0.307 e. The van der Waals surface area contributed by atoms with Crippen LogP contribution in [0.15, 0.2) is 54.6 Å². The van der Waals surface area contributed by atoms with Gasteiger partial charge < -0.3 is 9.84 Å². The molecule has 0 aromatic heterocycles. The number of hydrogen-bond acceptors (Lipinski definition) is 3. The molecule has 2 saturated heterocycles. The molecule has 4 rings (SSSR count). The molecule has 2 fully saturated rings. The molecular weight excluding hydrogens is 350 g/mol. The summed E-state index contributed by atoms with van der Waals surface area (Å²) in [7, 11) is 0. The Kier molecular flexibility index (Phi) is 4.74. The summed E-state index contributed by atoms with van der Waals surface area (Å²) in [6.07, 6.45) is 0.636. The lowest BCUT2D eigenvalue weighted by molar-refractivity contribution is -0.164. The summed E-state index contributed by atoms with van der Waals surface area (Å²) in [4.78, 5) is 14.2. The molecule has 0 bridgehead atoms. The normalized spacial score (nSPS) is 25.4. The van der Waals surface area contributed by atoms with Crippen molar-refractivity contribution in [3.8, 4) is 0 Å². The number of hydrogen-bond donors (Lipinski definition) is 1. The highest BCUT2D eigenvalue weighted by atomic mass is 35.5. The van der Waals surface area contributed by atoms with E-state index in [4.69, 9.17) is 16.3 Å². The first-order chi connectivity index (χ1) is 12.6. The quantitative estimate of drug-likeness (QED) is 0.889. The van der Waals surface area contributed by atoms with Gasteiger partial charge in [0.05, 0.1) is 24.7 Å². The highest BCUT2D eigenvalue weighted by molar-refractivity contribution is 6.30. The Morgan fingerprint density at radius 3 is 2.54 bits per heavy atom. The van der Waals surface area contributed by atoms with E-state index in [9.17, 15) is 9.90 Å². The molecule has 2 heterocycles. The first-order valence-corrected chi connectivity index (χ1v) is 9.34. The van der Waals surface area contributed by atoms with Crippen molar-refractivity contribution in [2.45, 2.75) is 17.9 Å². The monoisotopic (exact) mass is 371 g/mol. The number of halogens is 1. The second-order valence-corrected chi connectivity index (χ2v) is 7.67. The molecule has 0 saturated carbocycles. The van der Waals surface area contributed by atoms with E-state index in [1.807, 2.05) is 48.5 Å². The summed E-state index contributed by atoms with van der Waals surface area (Å²) in [6.45, 7) is 2.69. The van der Waals surface area contributed by atoms with Crippen molar-refractivity contribution in [3.63, 3.8) is 0 Å². The molecule has 1 N–H and O–H groups in total. The Morgan fingerprint density at radius 2 is 1.92 bits per heavy atom. The summed E-state index contributed by atoms with van der Waals surface area (Å²) >= 11 is 6.22. The zero-order chi connectivity index (χ0) is 18.1. The summed E-state index contributed by atoms with van der Waals surface area (Å²) in [5, 5.41) is 10.4. The second kappa shape index (κ2) is 7.03. The number of carbonyl (C=O) groups is 1. The fourth-order valence-electron chi connectivity index (χ4n) is 4.28. The van der Waals surface area contributed by atoms with Crippen molar-refractivity contribution in [2.75, 3.05) is 26.3 Å². The van der Waals surface area contributed by atoms with Crippen LogP contribution in [0.2, 0.25) is 5.02 Å². The van der Waals surface area contributed by atoms with Crippen molar-refractivity contribution in [2.24, 2.45) is 5.92 Å². The van der Waals surface area contributed by atoms with Crippen LogP contribution in [-0.4, -0.2) is 42.3 Å². The Morgan fingerprint density at radius 1 is 1.15 bits per heavy atom. The molecule has 2 aliphatic rings. The van der Waals surface area contributed by atoms with E-state index in [2.05, 4.69) is 11.0 Å². The molecule has 4 nitrogen and oxygen atoms in total. The van der Waals surface area contributed by atoms with E-state index in [0.717, 1.165) is 17.7 Å². The zero-order valence-corrected chi connectivity index (χ0v) is 15.2. The number of carboxylic acids is 1. The molecular formula is C21H22ClNO3. The van der Waals surface area contributed by atoms with Crippen molar-refractivity contribution >= 4 is 17.6 Å². The Labute approximate surface area is 158 Å². The summed E-state index contributed by atoms with van der Waals surface area (Å²) in [6, 6.07) is 17.9. The first kappa shape index (κ1) is 17.5. The van der Waals surface area contributed by atoms with Crippen LogP contribution < -0.4 is 0 Å². The standard InChI is InChI=1S/C21H22ClNO3/c22-17-8-4-7-16(11-17)21(13-26-14-21)23-10-9-18(20(24)25)19(12-23)15-5-2-1-3-6-15/h1-8,11,18-19H,9-10,12-14H2,(H,24,25)/t18-,19+/m1/s1. The number of piperidine rings is 1. The van der Waals surface area contributed by atoms with E-state index in [-0.39, 0.29) is 17.4 Å². The van der Waals surface area contributed by atoms with Gasteiger partial charge >= 0.3 is 5.97 Å². The number of rotatable bonds is 4. The largest absolute Gasteiger partial charge is 0.481 e. The minimum Gasteiger partial charge on any atom is -0.481 e. The fourth-order valence-corrected chi connectivity index (χ4v) is 4.47. The van der Waals surface area contributed by atoms with Crippen LogP contribution in [0.1, 0.15) is 23.5 Å². The number of likely N-dealkylation sites (tertiary alicyclic amines) is 1. The maximum atomic E-state index is 11.8. The van der Waals surface area contributed by atoms with Gasteiger partial charge in [0.1, 0.15) is 0 Å². The van der Waals surface area contributed by atoms with Gasteiger partial charge in [-0.3, -0.25) is 9.69 Å². The van der Waals surface area contributed by atoms with Crippen LogP contribution >= 0.6 is 11.6 Å². The topological polar surface area (TPSA) is 49.8 Å². The number of ether oxygens (including phenoxy) is 1. The SMILES string of the molecule is O=C(O)[C@@H]1CCN(C2(c3cccc(Cl)c3)COC2)C[C@H]1c1ccccc1. The van der Waals surface area contributed by atoms with E-state index >= 15 is 0 Å². The molecule has 2 atom stereocenters. The van der Waals surface area contributed by atoms with Crippen LogP contribution in [-0.2, 0) is 15.1 Å². The van der Waals surface area contributed by atoms with Crippen molar-refractivity contribution in [1.82, 2.24) is 4.90 Å². The average Bonchev–Trinajstić information content (AvgIpc) is 2.61. The van der Waals surface area contributed by atoms with Gasteiger partial charge in [-0.05, 0) is 29.7 Å². The van der Waals surface area contributed by atoms with Crippen molar-refractivity contribution in [3.05, 3.63) is 70.7 Å². The van der Waals surface area contributed by atoms with Crippen LogP contribution in [0, 0.1) is 5.92 Å². The first-order valence-electron chi connectivity index (χ1n) is 8.97. The molecule has 0 amide bonds. The summed E-state index contributed by atoms with van der Waals surface area (Å²) in [5.74, 6) is -1.09. The third-order valence-electron chi connectivity index (χ3n) is 5.81. The summed E-state index contributed by atoms with van der Waals surface area (Å²) in [5.41, 5.74) is 2.03. The third-order valence-corrected chi connectivity index (χ3v) is 6.04. The molecule has 2 aliphatic heterocycles. The van der Waals surface area contributed by atoms with Crippen LogP contribution in [0.25, 0.3) is 0 Å². The van der Waals surface area contributed by atoms with E-state index in [0.29, 0.717) is 31.2 Å². The molecule has 0 aliphatic carbocycles. The number of benzene rings is 2. The van der Waals surface area contributed by atoms with Gasteiger partial charge in [-0.15, -0.1) is 0 Å². The predicted octanol–water partition coefficient (Wildman–Crippen LogP) is 3.76. The lowest BCUT2D eigenvalue weighted by Gasteiger charge is -2.53. The molecule has 0 radical (unpaired) electrons. The van der Waals surface area contributed by atoms with E-state index < -0.39 is 5.97 Å². The molecule has 136 valence electrons.